The molecule has 1 fully saturated rings. The summed E-state index contributed by atoms with van der Waals surface area (Å²) in [7, 11) is 0. The van der Waals surface area contributed by atoms with E-state index in [1.54, 1.807) is 0 Å². The number of hydroxylamine groups is 1. The second kappa shape index (κ2) is 9.36. The number of hydrogen-bond donors (Lipinski definition) is 0. The molecule has 2 atom stereocenters. The fourth-order valence-corrected chi connectivity index (χ4v) is 5.71. The quantitative estimate of drug-likeness (QED) is 0.395. The molecule has 0 aromatic heterocycles. The molecule has 0 bridgehead atoms. The van der Waals surface area contributed by atoms with E-state index in [0.717, 1.165) is 6.61 Å². The Labute approximate surface area is 177 Å². The summed E-state index contributed by atoms with van der Waals surface area (Å²) in [5, 5.41) is 0. The summed E-state index contributed by atoms with van der Waals surface area (Å²) in [5.74, 6) is 0. The molecule has 1 aliphatic heterocycles. The zero-order valence-electron chi connectivity index (χ0n) is 15.2. The molecule has 0 unspecified atom stereocenters. The van der Waals surface area contributed by atoms with Crippen molar-refractivity contribution in [3.63, 3.8) is 0 Å². The average molecular weight is 487 g/mol. The number of benzene rings is 3. The van der Waals surface area contributed by atoms with Gasteiger partial charge in [-0.25, -0.2) is 0 Å². The third-order valence-electron chi connectivity index (χ3n) is 4.54. The molecule has 3 aromatic rings. The smallest absolute Gasteiger partial charge is 1.00 e. The van der Waals surface area contributed by atoms with E-state index in [2.05, 4.69) is 103 Å². The van der Waals surface area contributed by atoms with Gasteiger partial charge in [0.05, 0.1) is 0 Å². The van der Waals surface area contributed by atoms with Gasteiger partial charge in [0.1, 0.15) is 0 Å². The van der Waals surface area contributed by atoms with Gasteiger partial charge in [-0.05, 0) is 0 Å². The number of nitrogens with zero attached hydrogens (tertiary/aromatic N) is 1. The van der Waals surface area contributed by atoms with Gasteiger partial charge < -0.3 is 17.0 Å². The van der Waals surface area contributed by atoms with Gasteiger partial charge in [-0.3, -0.25) is 0 Å². The van der Waals surface area contributed by atoms with Crippen LogP contribution in [0.25, 0.3) is 0 Å². The first kappa shape index (κ1) is 19.9. The first-order valence-electron chi connectivity index (χ1n) is 8.89. The molecule has 1 heterocycles. The summed E-state index contributed by atoms with van der Waals surface area (Å²) in [6.45, 7) is 2.87. The zero-order chi connectivity index (χ0) is 17.8. The number of rotatable bonds is 4. The minimum Gasteiger partial charge on any atom is -1.00 e. The van der Waals surface area contributed by atoms with E-state index >= 15 is 0 Å². The van der Waals surface area contributed by atoms with Gasteiger partial charge >= 0.3 is 161 Å². The molecule has 0 amide bonds. The Morgan fingerprint density at radius 3 is 2.19 bits per heavy atom. The summed E-state index contributed by atoms with van der Waals surface area (Å²) in [5.41, 5.74) is 3.76. The maximum atomic E-state index is 6.13. The second-order valence-corrected chi connectivity index (χ2v) is 9.27. The van der Waals surface area contributed by atoms with Crippen molar-refractivity contribution in [3.8, 4) is 0 Å². The molecule has 0 aliphatic carbocycles. The van der Waals surface area contributed by atoms with Gasteiger partial charge in [-0.2, -0.15) is 0 Å². The van der Waals surface area contributed by atoms with Gasteiger partial charge in [-0.1, -0.05) is 0 Å². The Morgan fingerprint density at radius 2 is 1.52 bits per heavy atom. The summed E-state index contributed by atoms with van der Waals surface area (Å²) >= 11 is 0.359. The van der Waals surface area contributed by atoms with E-state index in [1.807, 2.05) is 0 Å². The first-order valence-corrected chi connectivity index (χ1v) is 10.7. The van der Waals surface area contributed by atoms with Crippen molar-refractivity contribution in [2.75, 3.05) is 6.61 Å². The van der Waals surface area contributed by atoms with Crippen LogP contribution >= 0.6 is 0 Å². The van der Waals surface area contributed by atoms with E-state index < -0.39 is 0 Å². The molecular formula is C23H22BrNOSe. The van der Waals surface area contributed by atoms with Gasteiger partial charge in [0.25, 0.3) is 0 Å². The topological polar surface area (TPSA) is 12.2 Å². The second-order valence-electron chi connectivity index (χ2n) is 6.52. The molecular weight excluding hydrogens is 465 g/mol. The van der Waals surface area contributed by atoms with E-state index in [-0.39, 0.29) is 23.0 Å². The molecule has 2 nitrogen and oxygen atoms in total. The van der Waals surface area contributed by atoms with Gasteiger partial charge in [0, 0.05) is 0 Å². The van der Waals surface area contributed by atoms with Crippen molar-refractivity contribution in [3.05, 3.63) is 102 Å². The molecule has 138 valence electrons. The molecule has 4 rings (SSSR count). The summed E-state index contributed by atoms with van der Waals surface area (Å²) in [4.78, 5) is 6.61. The number of halogens is 1. The Hall–Kier alpha value is -1.87. The molecule has 1 aliphatic rings. The Bertz CT molecular complexity index is 881. The van der Waals surface area contributed by atoms with Crippen LogP contribution in [0, 0.1) is 6.92 Å². The normalized spacial score (nSPS) is 20.1. The molecule has 0 N–H and O–H groups in total. The monoisotopic (exact) mass is 487 g/mol. The van der Waals surface area contributed by atoms with E-state index in [1.165, 1.54) is 21.2 Å². The van der Waals surface area contributed by atoms with Crippen LogP contribution in [-0.4, -0.2) is 32.5 Å². The molecule has 27 heavy (non-hydrogen) atoms. The van der Waals surface area contributed by atoms with Crippen LogP contribution in [0.1, 0.15) is 22.7 Å². The molecule has 1 saturated heterocycles. The molecule has 3 aromatic carbocycles. The molecule has 0 radical (unpaired) electrons. The number of hydrogen-bond acceptors (Lipinski definition) is 1. The fourth-order valence-electron chi connectivity index (χ4n) is 3.20. The minimum absolute atomic E-state index is 0. The maximum Gasteiger partial charge on any atom is -1.00 e. The van der Waals surface area contributed by atoms with Crippen LogP contribution in [0.15, 0.2) is 84.9 Å². The maximum absolute atomic E-state index is 6.13. The van der Waals surface area contributed by atoms with Crippen molar-refractivity contribution in [2.24, 2.45) is 0 Å². The van der Waals surface area contributed by atoms with Crippen LogP contribution in [0.5, 0.6) is 0 Å². The van der Waals surface area contributed by atoms with Crippen LogP contribution in [0.2, 0.25) is 4.82 Å². The fraction of sp³-hybridized carbons (Fsp3) is 0.174. The molecule has 4 heteroatoms. The summed E-state index contributed by atoms with van der Waals surface area (Å²) in [6, 6.07) is 30.4. The zero-order valence-corrected chi connectivity index (χ0v) is 18.5. The van der Waals surface area contributed by atoms with Crippen molar-refractivity contribution in [1.29, 1.82) is 0 Å². The van der Waals surface area contributed by atoms with Crippen LogP contribution < -0.4 is 21.4 Å². The predicted molar refractivity (Wildman–Crippen MR) is 107 cm³/mol. The van der Waals surface area contributed by atoms with Crippen LogP contribution in [-0.2, 0) is 4.84 Å². The minimum atomic E-state index is 0. The van der Waals surface area contributed by atoms with Gasteiger partial charge in [0.2, 0.25) is 0 Å². The van der Waals surface area contributed by atoms with Crippen LogP contribution in [0.3, 0.4) is 0 Å². The van der Waals surface area contributed by atoms with Crippen molar-refractivity contribution in [2.45, 2.75) is 17.8 Å². The Morgan fingerprint density at radius 1 is 0.889 bits per heavy atom. The number of aryl methyl sites for hydroxylation is 1. The Kier molecular flexibility index (Phi) is 6.89. The third kappa shape index (κ3) is 4.90. The van der Waals surface area contributed by atoms with Crippen molar-refractivity contribution in [1.82, 2.24) is 0 Å². The van der Waals surface area contributed by atoms with E-state index in [4.69, 9.17) is 4.84 Å². The molecule has 0 spiro atoms. The van der Waals surface area contributed by atoms with E-state index in [0.29, 0.717) is 19.8 Å². The van der Waals surface area contributed by atoms with Gasteiger partial charge in [0.15, 0.2) is 0 Å². The van der Waals surface area contributed by atoms with Crippen molar-refractivity contribution < 1.29 is 26.6 Å². The third-order valence-corrected chi connectivity index (χ3v) is 7.14. The van der Waals surface area contributed by atoms with Crippen LogP contribution in [0.4, 0.5) is 0 Å². The summed E-state index contributed by atoms with van der Waals surface area (Å²) in [6.07, 6.45) is 2.14. The predicted octanol–water partition coefficient (Wildman–Crippen LogP) is 0.935. The SMILES string of the molecule is Cc1ccc(/C=[N+]2\OC[C@@H]([Se]c3ccccc3)[C@@H]2c2ccccc2)cc1.[Br-]. The average Bonchev–Trinajstić information content (AvgIpc) is 3.07. The van der Waals surface area contributed by atoms with E-state index in [9.17, 15) is 0 Å². The molecule has 0 saturated carbocycles. The standard InChI is InChI=1S/C23H22NOSe.BrH/c1-18-12-14-19(15-13-18)16-24-23(20-8-4-2-5-9-20)22(17-25-24)26-21-10-6-3-7-11-21;/h2-16,22-23H,17H2,1H3;1H/q+1;/p-1/b24-16-;/t22-,23+;/m1./s1. The Balaban J connectivity index is 0.00000210. The van der Waals surface area contributed by atoms with Crippen molar-refractivity contribution >= 4 is 25.6 Å². The van der Waals surface area contributed by atoms with Gasteiger partial charge in [-0.15, -0.1) is 0 Å². The largest absolute Gasteiger partial charge is 1.00 e. The first-order chi connectivity index (χ1) is 12.8. The summed E-state index contributed by atoms with van der Waals surface area (Å²) < 4.78 is 3.49.